The minimum Gasteiger partial charge on any atom is -0.395 e. The number of aliphatic hydroxyl groups excluding tert-OH is 2. The van der Waals surface area contributed by atoms with Crippen molar-refractivity contribution in [1.82, 2.24) is 0 Å². The first-order valence-corrected chi connectivity index (χ1v) is 10.3. The van der Waals surface area contributed by atoms with Crippen LogP contribution in [0.5, 0.6) is 0 Å². The molecule has 0 aromatic carbocycles. The van der Waals surface area contributed by atoms with Crippen LogP contribution in [0.15, 0.2) is 48.6 Å². The van der Waals surface area contributed by atoms with Gasteiger partial charge in [0.05, 0.1) is 12.6 Å². The third-order valence-corrected chi connectivity index (χ3v) is 4.20. The fraction of sp³-hybridized carbons (Fsp3) is 0.609. The first-order valence-electron chi connectivity index (χ1n) is 10.3. The minimum absolute atomic E-state index is 0.285. The standard InChI is InChI=1S/C23H39NO3/c1-2-3-4-5-6-7-8-9-10-11-12-13-14-15-16-17-18-19-22(26)23(27)21(24)20-25/h6-7,9-10,12-13,15-16,21,23,25,27H,2-5,8,11,14,17-20,24H2,1H3/b7-6-,10-9-,13-12-,16-15-/t21-,23-/m0/s1. The van der Waals surface area contributed by atoms with E-state index in [9.17, 15) is 9.90 Å². The second-order valence-electron chi connectivity index (χ2n) is 6.74. The van der Waals surface area contributed by atoms with E-state index in [4.69, 9.17) is 10.8 Å². The maximum absolute atomic E-state index is 11.6. The lowest BCUT2D eigenvalue weighted by molar-refractivity contribution is -0.128. The molecule has 4 N–H and O–H groups in total. The summed E-state index contributed by atoms with van der Waals surface area (Å²) in [5, 5.41) is 18.4. The zero-order valence-corrected chi connectivity index (χ0v) is 16.9. The van der Waals surface area contributed by atoms with Gasteiger partial charge in [0.25, 0.3) is 0 Å². The zero-order chi connectivity index (χ0) is 20.2. The van der Waals surface area contributed by atoms with E-state index in [0.29, 0.717) is 6.42 Å². The Morgan fingerprint density at radius 3 is 1.81 bits per heavy atom. The quantitative estimate of drug-likeness (QED) is 0.259. The topological polar surface area (TPSA) is 83.5 Å². The van der Waals surface area contributed by atoms with Crippen LogP contribution < -0.4 is 5.73 Å². The van der Waals surface area contributed by atoms with Crippen LogP contribution in [-0.2, 0) is 4.79 Å². The van der Waals surface area contributed by atoms with Gasteiger partial charge in [0.1, 0.15) is 6.10 Å². The summed E-state index contributed by atoms with van der Waals surface area (Å²) in [4.78, 5) is 11.6. The summed E-state index contributed by atoms with van der Waals surface area (Å²) < 4.78 is 0. The van der Waals surface area contributed by atoms with Crippen LogP contribution in [-0.4, -0.2) is 34.7 Å². The molecular weight excluding hydrogens is 338 g/mol. The Morgan fingerprint density at radius 1 is 0.852 bits per heavy atom. The van der Waals surface area contributed by atoms with E-state index in [0.717, 1.165) is 25.7 Å². The van der Waals surface area contributed by atoms with Crippen LogP contribution in [0, 0.1) is 0 Å². The molecule has 0 bridgehead atoms. The van der Waals surface area contributed by atoms with Crippen LogP contribution in [0.2, 0.25) is 0 Å². The van der Waals surface area contributed by atoms with E-state index in [1.807, 2.05) is 0 Å². The van der Waals surface area contributed by atoms with Crippen LogP contribution in [0.1, 0.15) is 71.1 Å². The molecule has 0 unspecified atom stereocenters. The molecule has 0 saturated heterocycles. The van der Waals surface area contributed by atoms with Gasteiger partial charge in [-0.15, -0.1) is 0 Å². The SMILES string of the molecule is CCCCC/C=C\C/C=C\C/C=C\C/C=C\CCCC(=O)[C@@H](O)[C@@H](N)CO. The highest BCUT2D eigenvalue weighted by Gasteiger charge is 2.21. The van der Waals surface area contributed by atoms with Crippen molar-refractivity contribution in [2.24, 2.45) is 5.73 Å². The molecule has 2 atom stereocenters. The van der Waals surface area contributed by atoms with Crippen LogP contribution >= 0.6 is 0 Å². The van der Waals surface area contributed by atoms with Crippen LogP contribution in [0.25, 0.3) is 0 Å². The Labute approximate surface area is 165 Å². The third kappa shape index (κ3) is 16.4. The smallest absolute Gasteiger partial charge is 0.162 e. The average molecular weight is 378 g/mol. The molecule has 0 aliphatic carbocycles. The Kier molecular flexibility index (Phi) is 18.2. The van der Waals surface area contributed by atoms with Gasteiger partial charge in [-0.3, -0.25) is 4.79 Å². The molecular formula is C23H39NO3. The van der Waals surface area contributed by atoms with E-state index < -0.39 is 12.1 Å². The number of hydrogen-bond acceptors (Lipinski definition) is 4. The maximum atomic E-state index is 11.6. The van der Waals surface area contributed by atoms with Crippen LogP contribution in [0.3, 0.4) is 0 Å². The van der Waals surface area contributed by atoms with Gasteiger partial charge in [0.15, 0.2) is 5.78 Å². The highest BCUT2D eigenvalue weighted by molar-refractivity contribution is 5.83. The van der Waals surface area contributed by atoms with Crippen LogP contribution in [0.4, 0.5) is 0 Å². The molecule has 0 radical (unpaired) electrons. The summed E-state index contributed by atoms with van der Waals surface area (Å²) in [6, 6.07) is -0.881. The van der Waals surface area contributed by atoms with Gasteiger partial charge in [-0.1, -0.05) is 68.4 Å². The van der Waals surface area contributed by atoms with Crippen molar-refractivity contribution < 1.29 is 15.0 Å². The highest BCUT2D eigenvalue weighted by Crippen LogP contribution is 2.04. The van der Waals surface area contributed by atoms with Gasteiger partial charge in [-0.25, -0.2) is 0 Å². The molecule has 0 aliphatic heterocycles. The molecule has 0 aromatic rings. The van der Waals surface area contributed by atoms with Crippen molar-refractivity contribution in [3.05, 3.63) is 48.6 Å². The number of aliphatic hydroxyl groups is 2. The van der Waals surface area contributed by atoms with Gasteiger partial charge < -0.3 is 15.9 Å². The van der Waals surface area contributed by atoms with Crippen molar-refractivity contribution in [2.45, 2.75) is 83.3 Å². The number of Topliss-reactive ketones (excluding diaryl/α,β-unsaturated/α-hetero) is 1. The number of hydrogen-bond donors (Lipinski definition) is 3. The lowest BCUT2D eigenvalue weighted by Crippen LogP contribution is -2.42. The molecule has 0 fully saturated rings. The Bertz CT molecular complexity index is 466. The summed E-state index contributed by atoms with van der Waals surface area (Å²) in [5.74, 6) is -0.299. The molecule has 0 heterocycles. The summed E-state index contributed by atoms with van der Waals surface area (Å²) >= 11 is 0. The number of carbonyl (C=O) groups excluding carboxylic acids is 1. The molecule has 4 nitrogen and oxygen atoms in total. The van der Waals surface area contributed by atoms with Gasteiger partial charge in [-0.2, -0.15) is 0 Å². The zero-order valence-electron chi connectivity index (χ0n) is 16.9. The first kappa shape index (κ1) is 25.5. The molecule has 0 rings (SSSR count). The molecule has 154 valence electrons. The second-order valence-corrected chi connectivity index (χ2v) is 6.74. The number of unbranched alkanes of at least 4 members (excludes halogenated alkanes) is 4. The highest BCUT2D eigenvalue weighted by atomic mass is 16.3. The summed E-state index contributed by atoms with van der Waals surface area (Å²) in [6.45, 7) is 1.84. The molecule has 0 spiro atoms. The van der Waals surface area contributed by atoms with E-state index in [2.05, 4.69) is 55.5 Å². The Hall–Kier alpha value is -1.49. The van der Waals surface area contributed by atoms with E-state index in [1.165, 1.54) is 25.7 Å². The molecule has 0 saturated carbocycles. The summed E-state index contributed by atoms with van der Waals surface area (Å²) in [5.41, 5.74) is 5.43. The third-order valence-electron chi connectivity index (χ3n) is 4.20. The Balaban J connectivity index is 3.60. The normalized spacial score (nSPS) is 14.8. The van der Waals surface area contributed by atoms with Gasteiger partial charge in [0.2, 0.25) is 0 Å². The summed E-state index contributed by atoms with van der Waals surface area (Å²) in [6.07, 6.45) is 25.8. The second kappa shape index (κ2) is 19.3. The number of rotatable bonds is 17. The lowest BCUT2D eigenvalue weighted by Gasteiger charge is -2.14. The first-order chi connectivity index (χ1) is 13.1. The number of ketones is 1. The van der Waals surface area contributed by atoms with E-state index >= 15 is 0 Å². The Morgan fingerprint density at radius 2 is 1.33 bits per heavy atom. The number of carbonyl (C=O) groups is 1. The molecule has 27 heavy (non-hydrogen) atoms. The van der Waals surface area contributed by atoms with Crippen molar-refractivity contribution in [3.8, 4) is 0 Å². The minimum atomic E-state index is -1.26. The predicted octanol–water partition coefficient (Wildman–Crippen LogP) is 4.38. The molecule has 4 heteroatoms. The molecule has 0 aliphatic rings. The summed E-state index contributed by atoms with van der Waals surface area (Å²) in [7, 11) is 0. The van der Waals surface area contributed by atoms with E-state index in [-0.39, 0.29) is 18.8 Å². The maximum Gasteiger partial charge on any atom is 0.162 e. The van der Waals surface area contributed by atoms with Crippen molar-refractivity contribution >= 4 is 5.78 Å². The largest absolute Gasteiger partial charge is 0.395 e. The molecule has 0 aromatic heterocycles. The monoisotopic (exact) mass is 377 g/mol. The van der Waals surface area contributed by atoms with Gasteiger partial charge in [-0.05, 0) is 44.9 Å². The van der Waals surface area contributed by atoms with Crippen molar-refractivity contribution in [1.29, 1.82) is 0 Å². The fourth-order valence-corrected chi connectivity index (χ4v) is 2.44. The van der Waals surface area contributed by atoms with Gasteiger partial charge in [0, 0.05) is 6.42 Å². The predicted molar refractivity (Wildman–Crippen MR) is 114 cm³/mol. The van der Waals surface area contributed by atoms with Gasteiger partial charge >= 0.3 is 0 Å². The van der Waals surface area contributed by atoms with E-state index in [1.54, 1.807) is 0 Å². The molecule has 0 amide bonds. The fourth-order valence-electron chi connectivity index (χ4n) is 2.44. The number of nitrogens with two attached hydrogens (primary N) is 1. The lowest BCUT2D eigenvalue weighted by atomic mass is 10.0. The van der Waals surface area contributed by atoms with Crippen molar-refractivity contribution in [2.75, 3.05) is 6.61 Å². The average Bonchev–Trinajstić information content (AvgIpc) is 2.68. The van der Waals surface area contributed by atoms with Crippen molar-refractivity contribution in [3.63, 3.8) is 0 Å². The number of allylic oxidation sites excluding steroid dienone is 8.